The van der Waals surface area contributed by atoms with Crippen molar-refractivity contribution in [3.05, 3.63) is 59.7 Å². The molecule has 2 aliphatic rings. The summed E-state index contributed by atoms with van der Waals surface area (Å²) in [6, 6.07) is 16.6. The molecule has 29 heavy (non-hydrogen) atoms. The Labute approximate surface area is 173 Å². The van der Waals surface area contributed by atoms with Crippen molar-refractivity contribution in [2.45, 2.75) is 58.8 Å². The van der Waals surface area contributed by atoms with Crippen LogP contribution in [-0.4, -0.2) is 18.4 Å². The predicted molar refractivity (Wildman–Crippen MR) is 115 cm³/mol. The second kappa shape index (κ2) is 6.83. The van der Waals surface area contributed by atoms with Crippen molar-refractivity contribution in [2.75, 3.05) is 6.61 Å². The quantitative estimate of drug-likeness (QED) is 0.616. The molecule has 0 N–H and O–H groups in total. The molecule has 0 saturated heterocycles. The molecular formula is C26H30O3. The van der Waals surface area contributed by atoms with E-state index in [-0.39, 0.29) is 11.8 Å². The molecule has 152 valence electrons. The number of Topliss-reactive ketones (excluding diaryl/α,β-unsaturated/α-hetero) is 1. The van der Waals surface area contributed by atoms with Gasteiger partial charge in [0.1, 0.15) is 5.78 Å². The lowest BCUT2D eigenvalue weighted by Crippen LogP contribution is -2.55. The van der Waals surface area contributed by atoms with E-state index >= 15 is 0 Å². The molecule has 2 unspecified atom stereocenters. The van der Waals surface area contributed by atoms with Gasteiger partial charge in [0.25, 0.3) is 0 Å². The van der Waals surface area contributed by atoms with Crippen LogP contribution in [0.15, 0.2) is 48.5 Å². The lowest BCUT2D eigenvalue weighted by molar-refractivity contribution is -0.158. The van der Waals surface area contributed by atoms with Crippen LogP contribution in [0.2, 0.25) is 0 Å². The van der Waals surface area contributed by atoms with E-state index in [9.17, 15) is 9.59 Å². The summed E-state index contributed by atoms with van der Waals surface area (Å²) in [4.78, 5) is 27.1. The van der Waals surface area contributed by atoms with E-state index in [1.807, 2.05) is 45.0 Å². The number of hydrogen-bond acceptors (Lipinski definition) is 3. The second-order valence-corrected chi connectivity index (χ2v) is 8.90. The third-order valence-corrected chi connectivity index (χ3v) is 7.55. The Kier molecular flexibility index (Phi) is 4.68. The Balaban J connectivity index is 2.11. The zero-order chi connectivity index (χ0) is 20.9. The summed E-state index contributed by atoms with van der Waals surface area (Å²) >= 11 is 0. The van der Waals surface area contributed by atoms with Crippen LogP contribution in [0.3, 0.4) is 0 Å². The number of ketones is 1. The highest BCUT2D eigenvalue weighted by molar-refractivity contribution is 5.97. The fraction of sp³-hybridized carbons (Fsp3) is 0.462. The Morgan fingerprint density at radius 2 is 1.38 bits per heavy atom. The van der Waals surface area contributed by atoms with Crippen LogP contribution in [0.25, 0.3) is 11.1 Å². The molecular weight excluding hydrogens is 360 g/mol. The average molecular weight is 391 g/mol. The maximum absolute atomic E-state index is 13.7. The maximum Gasteiger partial charge on any atom is 0.313 e. The van der Waals surface area contributed by atoms with Crippen molar-refractivity contribution in [2.24, 2.45) is 10.8 Å². The molecule has 4 rings (SSSR count). The van der Waals surface area contributed by atoms with E-state index in [0.717, 1.165) is 28.7 Å². The predicted octanol–water partition coefficient (Wildman–Crippen LogP) is 5.69. The van der Waals surface area contributed by atoms with Crippen LogP contribution in [0.4, 0.5) is 0 Å². The molecule has 1 spiro atoms. The Hall–Kier alpha value is -2.42. The number of benzene rings is 2. The lowest BCUT2D eigenvalue weighted by Gasteiger charge is -2.49. The standard InChI is InChI=1S/C26H30O3/c1-5-11-22(27)24(3)16-17-25(4,23(28)29-6-2)26(24)20-14-9-7-12-18(20)19-13-8-10-15-21(19)26/h7-10,12-15H,5-6,11,16-17H2,1-4H3. The van der Waals surface area contributed by atoms with Gasteiger partial charge in [-0.15, -0.1) is 0 Å². The Morgan fingerprint density at radius 1 is 0.862 bits per heavy atom. The number of rotatable bonds is 5. The highest BCUT2D eigenvalue weighted by Gasteiger charge is 2.73. The minimum Gasteiger partial charge on any atom is -0.466 e. The van der Waals surface area contributed by atoms with Crippen LogP contribution >= 0.6 is 0 Å². The molecule has 2 atom stereocenters. The van der Waals surface area contributed by atoms with Crippen molar-refractivity contribution in [1.82, 2.24) is 0 Å². The first-order valence-corrected chi connectivity index (χ1v) is 10.8. The van der Waals surface area contributed by atoms with E-state index in [0.29, 0.717) is 25.9 Å². The zero-order valence-electron chi connectivity index (χ0n) is 17.9. The highest BCUT2D eigenvalue weighted by atomic mass is 16.5. The van der Waals surface area contributed by atoms with Gasteiger partial charge in [0.05, 0.1) is 12.0 Å². The molecule has 0 amide bonds. The molecule has 3 nitrogen and oxygen atoms in total. The highest BCUT2D eigenvalue weighted by Crippen LogP contribution is 2.72. The largest absolute Gasteiger partial charge is 0.466 e. The number of ether oxygens (including phenoxy) is 1. The van der Waals surface area contributed by atoms with Gasteiger partial charge in [-0.2, -0.15) is 0 Å². The average Bonchev–Trinajstić information content (AvgIpc) is 3.17. The molecule has 0 bridgehead atoms. The lowest BCUT2D eigenvalue weighted by atomic mass is 9.51. The number of hydrogen-bond donors (Lipinski definition) is 0. The normalized spacial score (nSPS) is 26.2. The molecule has 0 aliphatic heterocycles. The van der Waals surface area contributed by atoms with E-state index in [4.69, 9.17) is 4.74 Å². The van der Waals surface area contributed by atoms with E-state index in [1.165, 1.54) is 0 Å². The number of fused-ring (bicyclic) bond motifs is 5. The first-order chi connectivity index (χ1) is 13.9. The van der Waals surface area contributed by atoms with Gasteiger partial charge in [-0.05, 0) is 55.4 Å². The summed E-state index contributed by atoms with van der Waals surface area (Å²) in [5, 5.41) is 0. The van der Waals surface area contributed by atoms with Crippen molar-refractivity contribution in [3.8, 4) is 11.1 Å². The fourth-order valence-electron chi connectivity index (χ4n) is 6.30. The Bertz CT molecular complexity index is 896. The summed E-state index contributed by atoms with van der Waals surface area (Å²) in [5.41, 5.74) is 2.29. The van der Waals surface area contributed by atoms with Crippen LogP contribution < -0.4 is 0 Å². The number of carbonyl (C=O) groups is 2. The van der Waals surface area contributed by atoms with Gasteiger partial charge < -0.3 is 4.74 Å². The molecule has 2 aromatic carbocycles. The van der Waals surface area contributed by atoms with Gasteiger partial charge in [0.2, 0.25) is 0 Å². The summed E-state index contributed by atoms with van der Waals surface area (Å²) in [6.07, 6.45) is 2.66. The Morgan fingerprint density at radius 3 is 1.90 bits per heavy atom. The van der Waals surface area contributed by atoms with Gasteiger partial charge in [0.15, 0.2) is 0 Å². The number of esters is 1. The molecule has 2 aromatic rings. The number of carbonyl (C=O) groups excluding carboxylic acids is 2. The van der Waals surface area contributed by atoms with Crippen LogP contribution in [0, 0.1) is 10.8 Å². The first kappa shape index (κ1) is 19.9. The van der Waals surface area contributed by atoms with E-state index < -0.39 is 16.2 Å². The van der Waals surface area contributed by atoms with Crippen molar-refractivity contribution >= 4 is 11.8 Å². The zero-order valence-corrected chi connectivity index (χ0v) is 17.9. The maximum atomic E-state index is 13.7. The molecule has 0 aromatic heterocycles. The van der Waals surface area contributed by atoms with Crippen molar-refractivity contribution < 1.29 is 14.3 Å². The van der Waals surface area contributed by atoms with Gasteiger partial charge in [-0.1, -0.05) is 62.4 Å². The summed E-state index contributed by atoms with van der Waals surface area (Å²) in [5.74, 6) is 0.0547. The van der Waals surface area contributed by atoms with Gasteiger partial charge in [-0.3, -0.25) is 9.59 Å². The topological polar surface area (TPSA) is 43.4 Å². The van der Waals surface area contributed by atoms with Gasteiger partial charge >= 0.3 is 5.97 Å². The minimum absolute atomic E-state index is 0.195. The minimum atomic E-state index is -0.802. The van der Waals surface area contributed by atoms with E-state index in [1.54, 1.807) is 0 Å². The summed E-state index contributed by atoms with van der Waals surface area (Å²) in [6.45, 7) is 8.35. The van der Waals surface area contributed by atoms with E-state index in [2.05, 4.69) is 31.2 Å². The molecule has 0 heterocycles. The smallest absolute Gasteiger partial charge is 0.313 e. The SMILES string of the molecule is CCCC(=O)C1(C)CCC(C)(C(=O)OCC)C12c1ccccc1-c1ccccc12. The third-order valence-electron chi connectivity index (χ3n) is 7.55. The molecule has 2 aliphatic carbocycles. The monoisotopic (exact) mass is 390 g/mol. The van der Waals surface area contributed by atoms with Gasteiger partial charge in [-0.25, -0.2) is 0 Å². The van der Waals surface area contributed by atoms with Crippen LogP contribution in [0.5, 0.6) is 0 Å². The second-order valence-electron chi connectivity index (χ2n) is 8.90. The van der Waals surface area contributed by atoms with Crippen molar-refractivity contribution in [1.29, 1.82) is 0 Å². The fourth-order valence-corrected chi connectivity index (χ4v) is 6.30. The van der Waals surface area contributed by atoms with Crippen LogP contribution in [0.1, 0.15) is 64.5 Å². The van der Waals surface area contributed by atoms with Gasteiger partial charge in [0, 0.05) is 17.3 Å². The molecule has 1 fully saturated rings. The molecule has 1 saturated carbocycles. The summed E-state index contributed by atoms with van der Waals surface area (Å²) in [7, 11) is 0. The first-order valence-electron chi connectivity index (χ1n) is 10.8. The van der Waals surface area contributed by atoms with Crippen LogP contribution in [-0.2, 0) is 19.7 Å². The third kappa shape index (κ3) is 2.30. The summed E-state index contributed by atoms with van der Waals surface area (Å²) < 4.78 is 5.63. The molecule has 3 heteroatoms. The molecule has 0 radical (unpaired) electrons. The van der Waals surface area contributed by atoms with Crippen molar-refractivity contribution in [3.63, 3.8) is 0 Å².